The summed E-state index contributed by atoms with van der Waals surface area (Å²) in [6, 6.07) is 3.42. The van der Waals surface area contributed by atoms with Gasteiger partial charge in [-0.1, -0.05) is 47.2 Å². The van der Waals surface area contributed by atoms with Crippen LogP contribution in [0.5, 0.6) is 0 Å². The molecular formula is C31H25Cl2F8N3O11S2. The Hall–Kier alpha value is -4.91. The number of alkyl halides is 6. The zero-order valence-electron chi connectivity index (χ0n) is 28.2. The summed E-state index contributed by atoms with van der Waals surface area (Å²) in [5.74, 6) is -8.64. The minimum absolute atomic E-state index is 0.0453. The number of nitro groups is 1. The van der Waals surface area contributed by atoms with Crippen molar-refractivity contribution in [3.05, 3.63) is 102 Å². The van der Waals surface area contributed by atoms with Gasteiger partial charge in [0, 0.05) is 25.4 Å². The van der Waals surface area contributed by atoms with E-state index in [1.807, 2.05) is 4.90 Å². The van der Waals surface area contributed by atoms with Gasteiger partial charge in [0.05, 0.1) is 46.3 Å². The summed E-state index contributed by atoms with van der Waals surface area (Å²) in [6.07, 6.45) is -9.63. The number of ether oxygens (including phenoxy) is 1. The maximum Gasteiger partial charge on any atom is 0.422 e. The van der Waals surface area contributed by atoms with Crippen molar-refractivity contribution in [2.75, 3.05) is 26.3 Å². The lowest BCUT2D eigenvalue weighted by atomic mass is 10.1. The number of aliphatic carboxylic acids is 2. The number of hydrogen-bond donors (Lipinski definition) is 4. The standard InChI is InChI=1S/C9H5F5O2.C8H4F3NO4.C8H13NO3S2.C6H3Cl2NO2/c10-6-2-4(3-7(15)16)1-5(8(6)11)9(12,13)14;9-8(10,11)5-2-1-4(7(13)14)3-6(5)12(15)16;1-6(7(10)11)14-8(13)9-2-4-12-5-3-9;7-4-1-5(8)9-2-3(4)6(10)11/h1-2H,3H2,(H,15,16);1-3H,(H,13,14);6H,2-5H2,1H3,(H,10,11);1-2H,(H,10,11). The van der Waals surface area contributed by atoms with E-state index in [-0.39, 0.29) is 21.8 Å². The van der Waals surface area contributed by atoms with E-state index in [0.29, 0.717) is 41.8 Å². The average Bonchev–Trinajstić information content (AvgIpc) is 3.09. The molecule has 0 saturated carbocycles. The molecule has 57 heavy (non-hydrogen) atoms. The molecule has 3 aromatic rings. The quantitative estimate of drug-likeness (QED) is 0.0584. The number of aromatic nitrogens is 1. The zero-order chi connectivity index (χ0) is 44.0. The molecule has 4 rings (SSSR count). The summed E-state index contributed by atoms with van der Waals surface area (Å²) >= 11 is 17.3. The van der Waals surface area contributed by atoms with E-state index in [1.165, 1.54) is 17.8 Å². The van der Waals surface area contributed by atoms with Crippen molar-refractivity contribution in [1.29, 1.82) is 0 Å². The fourth-order valence-corrected chi connectivity index (χ4v) is 5.57. The largest absolute Gasteiger partial charge is 0.481 e. The van der Waals surface area contributed by atoms with Gasteiger partial charge in [-0.2, -0.15) is 26.3 Å². The Balaban J connectivity index is 0.000000383. The number of carboxylic acid groups (broad SMARTS) is 4. The number of morpholine rings is 1. The summed E-state index contributed by atoms with van der Waals surface area (Å²) in [6.45, 7) is 4.50. The van der Waals surface area contributed by atoms with Crippen LogP contribution in [-0.2, 0) is 33.1 Å². The Morgan fingerprint density at radius 3 is 1.95 bits per heavy atom. The number of nitro benzene ring substituents is 1. The Morgan fingerprint density at radius 1 is 0.947 bits per heavy atom. The summed E-state index contributed by atoms with van der Waals surface area (Å²) in [5, 5.41) is 44.1. The monoisotopic (exact) mass is 901 g/mol. The second kappa shape index (κ2) is 22.1. The molecule has 0 amide bonds. The summed E-state index contributed by atoms with van der Waals surface area (Å²) in [7, 11) is 0. The fraction of sp³-hybridized carbons (Fsp3) is 0.290. The molecule has 0 bridgehead atoms. The minimum atomic E-state index is -5.06. The number of halogens is 10. The van der Waals surface area contributed by atoms with Crippen LogP contribution in [0.4, 0.5) is 40.8 Å². The predicted octanol–water partition coefficient (Wildman–Crippen LogP) is 7.82. The maximum atomic E-state index is 12.8. The van der Waals surface area contributed by atoms with Crippen LogP contribution < -0.4 is 0 Å². The lowest BCUT2D eigenvalue weighted by Crippen LogP contribution is -2.39. The van der Waals surface area contributed by atoms with Crippen molar-refractivity contribution >= 4 is 81.1 Å². The van der Waals surface area contributed by atoms with Gasteiger partial charge in [-0.25, -0.2) is 23.4 Å². The van der Waals surface area contributed by atoms with Crippen LogP contribution in [0.1, 0.15) is 44.3 Å². The lowest BCUT2D eigenvalue weighted by molar-refractivity contribution is -0.388. The van der Waals surface area contributed by atoms with Gasteiger partial charge in [0.25, 0.3) is 5.69 Å². The highest BCUT2D eigenvalue weighted by Gasteiger charge is 2.39. The van der Waals surface area contributed by atoms with Crippen molar-refractivity contribution in [3.63, 3.8) is 0 Å². The van der Waals surface area contributed by atoms with E-state index < -0.39 is 92.4 Å². The van der Waals surface area contributed by atoms with Crippen LogP contribution in [0.3, 0.4) is 0 Å². The lowest BCUT2D eigenvalue weighted by Gasteiger charge is -2.29. The Labute approximate surface area is 334 Å². The molecule has 2 aromatic carbocycles. The van der Waals surface area contributed by atoms with Gasteiger partial charge in [-0.15, -0.1) is 0 Å². The summed E-state index contributed by atoms with van der Waals surface area (Å²) < 4.78 is 105. The van der Waals surface area contributed by atoms with Crippen molar-refractivity contribution in [3.8, 4) is 0 Å². The molecule has 1 unspecified atom stereocenters. The molecule has 1 aromatic heterocycles. The molecule has 1 atom stereocenters. The molecule has 2 heterocycles. The molecule has 1 fully saturated rings. The summed E-state index contributed by atoms with van der Waals surface area (Å²) in [5.41, 5.74) is -5.60. The summed E-state index contributed by atoms with van der Waals surface area (Å²) in [4.78, 5) is 56.3. The smallest absolute Gasteiger partial charge is 0.422 e. The number of rotatable bonds is 7. The third-order valence-corrected chi connectivity index (χ3v) is 8.52. The second-order valence-corrected chi connectivity index (χ2v) is 13.3. The molecule has 0 aliphatic carbocycles. The number of thiocarbonyl (C=S) groups is 1. The second-order valence-electron chi connectivity index (χ2n) is 10.6. The van der Waals surface area contributed by atoms with E-state index in [4.69, 9.17) is 60.6 Å². The number of pyridine rings is 1. The zero-order valence-corrected chi connectivity index (χ0v) is 31.4. The first kappa shape index (κ1) is 50.1. The van der Waals surface area contributed by atoms with Gasteiger partial charge in [0.15, 0.2) is 11.6 Å². The van der Waals surface area contributed by atoms with Gasteiger partial charge >= 0.3 is 36.2 Å². The van der Waals surface area contributed by atoms with Crippen LogP contribution in [-0.4, -0.2) is 95.0 Å². The highest BCUT2D eigenvalue weighted by molar-refractivity contribution is 8.23. The van der Waals surface area contributed by atoms with Crippen LogP contribution >= 0.6 is 47.2 Å². The van der Waals surface area contributed by atoms with Crippen molar-refractivity contribution in [2.24, 2.45) is 0 Å². The number of carboxylic acids is 4. The van der Waals surface area contributed by atoms with E-state index in [1.54, 1.807) is 6.92 Å². The molecule has 0 spiro atoms. The van der Waals surface area contributed by atoms with Crippen molar-refractivity contribution in [1.82, 2.24) is 9.88 Å². The van der Waals surface area contributed by atoms with Gasteiger partial charge in [-0.05, 0) is 42.8 Å². The van der Waals surface area contributed by atoms with Gasteiger partial charge in [0.1, 0.15) is 20.3 Å². The van der Waals surface area contributed by atoms with Crippen LogP contribution in [0, 0.1) is 21.7 Å². The fourth-order valence-electron chi connectivity index (χ4n) is 3.77. The number of benzene rings is 2. The molecule has 14 nitrogen and oxygen atoms in total. The number of thioether (sulfide) groups is 1. The average molecular weight is 903 g/mol. The Kier molecular flexibility index (Phi) is 19.5. The topological polar surface area (TPSA) is 218 Å². The van der Waals surface area contributed by atoms with E-state index >= 15 is 0 Å². The Morgan fingerprint density at radius 2 is 1.51 bits per heavy atom. The highest BCUT2D eigenvalue weighted by Crippen LogP contribution is 2.36. The SMILES string of the molecule is CC(SC(=S)N1CCOCC1)C(=O)O.O=C(O)Cc1cc(F)c(F)c(C(F)(F)F)c1.O=C(O)c1ccc(C(F)(F)F)c([N+](=O)[O-])c1.O=C(O)c1cnc(Cl)cc1Cl. The normalized spacial score (nSPS) is 12.9. The molecule has 312 valence electrons. The van der Waals surface area contributed by atoms with Gasteiger partial charge in [-0.3, -0.25) is 19.7 Å². The predicted molar refractivity (Wildman–Crippen MR) is 189 cm³/mol. The highest BCUT2D eigenvalue weighted by atomic mass is 35.5. The first-order valence-electron chi connectivity index (χ1n) is 14.8. The molecule has 0 radical (unpaired) electrons. The van der Waals surface area contributed by atoms with Crippen molar-refractivity contribution < 1.29 is 84.4 Å². The van der Waals surface area contributed by atoms with E-state index in [0.717, 1.165) is 19.3 Å². The number of nitrogens with zero attached hydrogens (tertiary/aromatic N) is 3. The first-order valence-corrected chi connectivity index (χ1v) is 16.9. The number of carbonyl (C=O) groups is 4. The minimum Gasteiger partial charge on any atom is -0.481 e. The van der Waals surface area contributed by atoms with Crippen LogP contribution in [0.25, 0.3) is 0 Å². The van der Waals surface area contributed by atoms with E-state index in [9.17, 15) is 64.4 Å². The third kappa shape index (κ3) is 17.0. The molecule has 1 aliphatic heterocycles. The Bertz CT molecular complexity index is 1970. The molecule has 4 N–H and O–H groups in total. The van der Waals surface area contributed by atoms with Gasteiger partial charge in [0.2, 0.25) is 0 Å². The van der Waals surface area contributed by atoms with Gasteiger partial charge < -0.3 is 30.1 Å². The number of hydrogen-bond acceptors (Lipinski definition) is 10. The third-order valence-electron chi connectivity index (χ3n) is 6.44. The molecule has 26 heteroatoms. The number of aromatic carboxylic acids is 2. The molecule has 1 aliphatic rings. The van der Waals surface area contributed by atoms with Crippen LogP contribution in [0.2, 0.25) is 10.2 Å². The first-order chi connectivity index (χ1) is 26.2. The molecule has 1 saturated heterocycles. The van der Waals surface area contributed by atoms with Crippen LogP contribution in [0.15, 0.2) is 42.6 Å². The van der Waals surface area contributed by atoms with Crippen molar-refractivity contribution in [2.45, 2.75) is 30.9 Å². The maximum absolute atomic E-state index is 12.8. The molecular weight excluding hydrogens is 877 g/mol. The van der Waals surface area contributed by atoms with E-state index in [2.05, 4.69) is 4.98 Å².